The molecule has 7 nitrogen and oxygen atoms in total. The van der Waals surface area contributed by atoms with Crippen LogP contribution >= 0.6 is 11.8 Å². The zero-order valence-corrected chi connectivity index (χ0v) is 21.1. The van der Waals surface area contributed by atoms with Gasteiger partial charge >= 0.3 is 0 Å². The van der Waals surface area contributed by atoms with Crippen LogP contribution in [0.15, 0.2) is 70.6 Å². The molecule has 0 N–H and O–H groups in total. The smallest absolute Gasteiger partial charge is 0.266 e. The van der Waals surface area contributed by atoms with Crippen LogP contribution in [0.3, 0.4) is 0 Å². The van der Waals surface area contributed by atoms with E-state index in [1.54, 1.807) is 19.1 Å². The molecule has 0 unspecified atom stereocenters. The fraction of sp³-hybridized carbons (Fsp3) is 0.214. The van der Waals surface area contributed by atoms with Gasteiger partial charge in [0.15, 0.2) is 28.2 Å². The molecular formula is C28H26N2O5S. The van der Waals surface area contributed by atoms with Crippen molar-refractivity contribution in [3.05, 3.63) is 82.3 Å². The van der Waals surface area contributed by atoms with Gasteiger partial charge in [-0.3, -0.25) is 9.69 Å². The molecule has 184 valence electrons. The van der Waals surface area contributed by atoms with Crippen LogP contribution in [-0.2, 0) is 17.8 Å². The number of benzene rings is 3. The van der Waals surface area contributed by atoms with Crippen LogP contribution in [0.25, 0.3) is 6.08 Å². The fourth-order valence-corrected chi connectivity index (χ4v) is 4.89. The molecule has 8 heteroatoms. The van der Waals surface area contributed by atoms with Crippen LogP contribution < -0.4 is 18.9 Å². The monoisotopic (exact) mass is 502 g/mol. The third-order valence-corrected chi connectivity index (χ3v) is 6.97. The average molecular weight is 503 g/mol. The second-order valence-electron chi connectivity index (χ2n) is 8.24. The van der Waals surface area contributed by atoms with E-state index < -0.39 is 0 Å². The largest absolute Gasteiger partial charge is 0.493 e. The molecule has 1 saturated heterocycles. The molecule has 0 spiro atoms. The number of fused-ring (bicyclic) bond motifs is 1. The first-order valence-electron chi connectivity index (χ1n) is 11.6. The number of para-hydroxylation sites is 1. The summed E-state index contributed by atoms with van der Waals surface area (Å²) in [4.78, 5) is 19.8. The Bertz CT molecular complexity index is 1370. The normalized spacial score (nSPS) is 16.8. The van der Waals surface area contributed by atoms with E-state index in [0.29, 0.717) is 28.2 Å². The summed E-state index contributed by atoms with van der Waals surface area (Å²) in [5, 5.41) is 0.655. The van der Waals surface area contributed by atoms with Crippen LogP contribution in [-0.4, -0.2) is 36.9 Å². The Labute approximate surface area is 214 Å². The van der Waals surface area contributed by atoms with E-state index in [0.717, 1.165) is 40.3 Å². The van der Waals surface area contributed by atoms with Crippen molar-refractivity contribution in [3.63, 3.8) is 0 Å². The summed E-state index contributed by atoms with van der Waals surface area (Å²) in [5.41, 5.74) is 3.82. The highest BCUT2D eigenvalue weighted by Crippen LogP contribution is 2.37. The molecule has 3 aromatic rings. The van der Waals surface area contributed by atoms with Gasteiger partial charge in [-0.2, -0.15) is 0 Å². The summed E-state index contributed by atoms with van der Waals surface area (Å²) in [6.07, 6.45) is 2.72. The number of aliphatic imine (C=N–C) groups is 1. The quantitative estimate of drug-likeness (QED) is 0.381. The number of aryl methyl sites for hydroxylation is 1. The van der Waals surface area contributed by atoms with E-state index in [-0.39, 0.29) is 12.7 Å². The first-order chi connectivity index (χ1) is 17.6. The molecule has 2 aliphatic rings. The minimum absolute atomic E-state index is 0.0881. The second-order valence-corrected chi connectivity index (χ2v) is 9.25. The first-order valence-corrected chi connectivity index (χ1v) is 12.4. The number of amidine groups is 1. The topological polar surface area (TPSA) is 69.6 Å². The van der Waals surface area contributed by atoms with Crippen LogP contribution in [0.1, 0.15) is 23.6 Å². The van der Waals surface area contributed by atoms with Crippen molar-refractivity contribution < 1.29 is 23.7 Å². The maximum absolute atomic E-state index is 12.9. The van der Waals surface area contributed by atoms with Crippen LogP contribution in [0, 0.1) is 0 Å². The van der Waals surface area contributed by atoms with Gasteiger partial charge in [0, 0.05) is 7.05 Å². The molecule has 2 aliphatic heterocycles. The minimum atomic E-state index is -0.0881. The maximum Gasteiger partial charge on any atom is 0.266 e. The van der Waals surface area contributed by atoms with Crippen molar-refractivity contribution in [1.29, 1.82) is 0 Å². The number of carbonyl (C=O) groups excluding carboxylic acids is 1. The highest BCUT2D eigenvalue weighted by atomic mass is 32.2. The van der Waals surface area contributed by atoms with Gasteiger partial charge < -0.3 is 18.9 Å². The van der Waals surface area contributed by atoms with Crippen molar-refractivity contribution in [2.24, 2.45) is 4.99 Å². The number of likely N-dealkylation sites (N-methyl/N-ethyl adjacent to an activating group) is 1. The molecule has 5 rings (SSSR count). The van der Waals surface area contributed by atoms with Crippen molar-refractivity contribution in [2.45, 2.75) is 20.0 Å². The molecule has 0 radical (unpaired) electrons. The third-order valence-electron chi connectivity index (χ3n) is 5.91. The molecule has 1 amide bonds. The maximum atomic E-state index is 12.9. The van der Waals surface area contributed by atoms with Crippen LogP contribution in [0.4, 0.5) is 5.69 Å². The van der Waals surface area contributed by atoms with Gasteiger partial charge in [0.1, 0.15) is 6.61 Å². The lowest BCUT2D eigenvalue weighted by Crippen LogP contribution is -2.23. The predicted octanol–water partition coefficient (Wildman–Crippen LogP) is 5.80. The number of nitrogens with zero attached hydrogens (tertiary/aromatic N) is 2. The SMILES string of the molecule is CCc1ccccc1N=C1S/C(=C\c2ccc(OCc3ccc4c(c3)OCO4)c(OC)c2)C(=O)N1C. The highest BCUT2D eigenvalue weighted by molar-refractivity contribution is 8.18. The standard InChI is InChI=1S/C28H26N2O5S/c1-4-20-7-5-6-8-21(20)29-28-30(2)27(31)26(36-28)15-18-9-11-22(24(13-18)32-3)33-16-19-10-12-23-25(14-19)35-17-34-23/h5-15H,4,16-17H2,1-3H3/b26-15-,29-28?. The first kappa shape index (κ1) is 23.8. The summed E-state index contributed by atoms with van der Waals surface area (Å²) in [5.74, 6) is 2.56. The average Bonchev–Trinajstić information content (AvgIpc) is 3.48. The number of carbonyl (C=O) groups is 1. The number of hydrogen-bond donors (Lipinski definition) is 0. The summed E-state index contributed by atoms with van der Waals surface area (Å²) in [6, 6.07) is 19.3. The summed E-state index contributed by atoms with van der Waals surface area (Å²) in [6.45, 7) is 2.68. The molecule has 36 heavy (non-hydrogen) atoms. The molecule has 3 aromatic carbocycles. The van der Waals surface area contributed by atoms with Gasteiger partial charge in [0.05, 0.1) is 17.7 Å². The summed E-state index contributed by atoms with van der Waals surface area (Å²) >= 11 is 1.36. The van der Waals surface area contributed by atoms with Crippen molar-refractivity contribution >= 4 is 34.6 Å². The van der Waals surface area contributed by atoms with Gasteiger partial charge in [-0.1, -0.05) is 37.3 Å². The van der Waals surface area contributed by atoms with E-state index in [1.165, 1.54) is 11.8 Å². The van der Waals surface area contributed by atoms with Gasteiger partial charge in [0.2, 0.25) is 6.79 Å². The molecule has 0 bridgehead atoms. The Hall–Kier alpha value is -3.91. The summed E-state index contributed by atoms with van der Waals surface area (Å²) in [7, 11) is 3.34. The lowest BCUT2D eigenvalue weighted by Gasteiger charge is -2.12. The number of rotatable bonds is 7. The molecule has 0 saturated carbocycles. The van der Waals surface area contributed by atoms with E-state index >= 15 is 0 Å². The Morgan fingerprint density at radius 1 is 1.06 bits per heavy atom. The lowest BCUT2D eigenvalue weighted by molar-refractivity contribution is -0.121. The van der Waals surface area contributed by atoms with Crippen molar-refractivity contribution in [3.8, 4) is 23.0 Å². The number of amides is 1. The minimum Gasteiger partial charge on any atom is -0.493 e. The van der Waals surface area contributed by atoms with Crippen LogP contribution in [0.5, 0.6) is 23.0 Å². The molecular weight excluding hydrogens is 476 g/mol. The van der Waals surface area contributed by atoms with E-state index in [4.69, 9.17) is 23.9 Å². The number of thioether (sulfide) groups is 1. The number of hydrogen-bond acceptors (Lipinski definition) is 7. The second kappa shape index (κ2) is 10.4. The molecule has 0 aliphatic carbocycles. The summed E-state index contributed by atoms with van der Waals surface area (Å²) < 4.78 is 22.4. The van der Waals surface area contributed by atoms with Gasteiger partial charge in [-0.25, -0.2) is 4.99 Å². The molecule has 0 atom stereocenters. The molecule has 1 fully saturated rings. The van der Waals surface area contributed by atoms with E-state index in [2.05, 4.69) is 13.0 Å². The predicted molar refractivity (Wildman–Crippen MR) is 141 cm³/mol. The fourth-order valence-electron chi connectivity index (χ4n) is 3.91. The van der Waals surface area contributed by atoms with Gasteiger partial charge in [-0.05, 0) is 71.3 Å². The van der Waals surface area contributed by atoms with Crippen molar-refractivity contribution in [2.75, 3.05) is 21.0 Å². The zero-order valence-electron chi connectivity index (χ0n) is 20.3. The Balaban J connectivity index is 1.33. The van der Waals surface area contributed by atoms with E-state index in [1.807, 2.05) is 60.7 Å². The number of ether oxygens (including phenoxy) is 4. The van der Waals surface area contributed by atoms with Crippen LogP contribution in [0.2, 0.25) is 0 Å². The Kier molecular flexibility index (Phi) is 6.86. The Morgan fingerprint density at radius 3 is 2.72 bits per heavy atom. The molecule has 0 aromatic heterocycles. The van der Waals surface area contributed by atoms with Gasteiger partial charge in [-0.15, -0.1) is 0 Å². The van der Waals surface area contributed by atoms with Crippen molar-refractivity contribution in [1.82, 2.24) is 4.90 Å². The highest BCUT2D eigenvalue weighted by Gasteiger charge is 2.30. The van der Waals surface area contributed by atoms with E-state index in [9.17, 15) is 4.79 Å². The third kappa shape index (κ3) is 4.90. The number of methoxy groups -OCH3 is 1. The zero-order chi connectivity index (χ0) is 25.1. The lowest BCUT2D eigenvalue weighted by atomic mass is 10.1. The van der Waals surface area contributed by atoms with Gasteiger partial charge in [0.25, 0.3) is 5.91 Å². The molecule has 2 heterocycles. The Morgan fingerprint density at radius 2 is 1.89 bits per heavy atom.